The van der Waals surface area contributed by atoms with Gasteiger partial charge in [-0.3, -0.25) is 9.59 Å². The highest BCUT2D eigenvalue weighted by molar-refractivity contribution is 5.95. The van der Waals surface area contributed by atoms with E-state index in [0.717, 1.165) is 0 Å². The van der Waals surface area contributed by atoms with Crippen LogP contribution < -0.4 is 0 Å². The van der Waals surface area contributed by atoms with Crippen molar-refractivity contribution >= 4 is 11.9 Å². The summed E-state index contributed by atoms with van der Waals surface area (Å²) in [5, 5.41) is 18.2. The second-order valence-corrected chi connectivity index (χ2v) is 5.96. The number of hydrogen-bond donors (Lipinski definition) is 2. The van der Waals surface area contributed by atoms with Crippen molar-refractivity contribution in [2.24, 2.45) is 5.92 Å². The Hall–Kier alpha value is -1.14. The van der Waals surface area contributed by atoms with Crippen LogP contribution in [0, 0.1) is 5.92 Å². The van der Waals surface area contributed by atoms with Crippen LogP contribution in [0.3, 0.4) is 0 Å². The maximum atomic E-state index is 11.7. The molecule has 0 saturated heterocycles. The molecule has 0 unspecified atom stereocenters. The third-order valence-corrected chi connectivity index (χ3v) is 1.62. The van der Waals surface area contributed by atoms with Crippen molar-refractivity contribution < 1.29 is 29.3 Å². The van der Waals surface area contributed by atoms with E-state index in [4.69, 9.17) is 19.7 Å². The van der Waals surface area contributed by atoms with Crippen LogP contribution in [0.2, 0.25) is 0 Å². The Labute approximate surface area is 107 Å². The van der Waals surface area contributed by atoms with Crippen molar-refractivity contribution in [2.45, 2.75) is 59.0 Å². The lowest BCUT2D eigenvalue weighted by atomic mass is 10.1. The number of aliphatic hydroxyl groups excluding tert-OH is 1. The van der Waals surface area contributed by atoms with Crippen molar-refractivity contribution in [2.75, 3.05) is 0 Å². The quantitative estimate of drug-likeness (QED) is 0.439. The van der Waals surface area contributed by atoms with E-state index < -0.39 is 35.3 Å². The van der Waals surface area contributed by atoms with Crippen LogP contribution in [-0.4, -0.2) is 39.6 Å². The van der Waals surface area contributed by atoms with Gasteiger partial charge in [0.05, 0.1) is 0 Å². The van der Waals surface area contributed by atoms with Crippen molar-refractivity contribution in [3.05, 3.63) is 0 Å². The molecule has 0 aliphatic rings. The third kappa shape index (κ3) is 6.56. The molecule has 0 saturated carbocycles. The molecule has 0 aliphatic carbocycles. The van der Waals surface area contributed by atoms with Crippen molar-refractivity contribution in [3.63, 3.8) is 0 Å². The summed E-state index contributed by atoms with van der Waals surface area (Å²) in [5.41, 5.74) is -1.65. The van der Waals surface area contributed by atoms with E-state index in [0.29, 0.717) is 0 Å². The van der Waals surface area contributed by atoms with Crippen LogP contribution in [0.1, 0.15) is 41.5 Å². The number of aliphatic hydroxyl groups is 2. The van der Waals surface area contributed by atoms with Crippen LogP contribution in [0.4, 0.5) is 0 Å². The maximum Gasteiger partial charge on any atom is 0.326 e. The van der Waals surface area contributed by atoms with Gasteiger partial charge in [-0.2, -0.15) is 0 Å². The summed E-state index contributed by atoms with van der Waals surface area (Å²) in [6, 6.07) is 0. The lowest BCUT2D eigenvalue weighted by Crippen LogP contribution is -2.42. The van der Waals surface area contributed by atoms with Gasteiger partial charge >= 0.3 is 11.9 Å². The standard InChI is InChI=1S/C12H22O6/c1-11(2,3)17-9(15)7(8(13)14)10(16)18-12(4,5)6/h7-8,13-14H,1-6H3. The molecular weight excluding hydrogens is 240 g/mol. The summed E-state index contributed by atoms with van der Waals surface area (Å²) in [6.45, 7) is 9.67. The lowest BCUT2D eigenvalue weighted by molar-refractivity contribution is -0.192. The van der Waals surface area contributed by atoms with Gasteiger partial charge in [-0.1, -0.05) is 0 Å². The first-order chi connectivity index (χ1) is 7.83. The first-order valence-corrected chi connectivity index (χ1v) is 5.65. The van der Waals surface area contributed by atoms with Gasteiger partial charge in [0.25, 0.3) is 0 Å². The number of carbonyl (C=O) groups excluding carboxylic acids is 2. The molecule has 18 heavy (non-hydrogen) atoms. The molecule has 0 spiro atoms. The van der Waals surface area contributed by atoms with E-state index in [9.17, 15) is 9.59 Å². The Kier molecular flexibility index (Phi) is 5.31. The Morgan fingerprint density at radius 3 is 1.28 bits per heavy atom. The molecule has 0 aromatic carbocycles. The normalized spacial score (nSPS) is 12.8. The fourth-order valence-electron chi connectivity index (χ4n) is 1.07. The molecule has 0 bridgehead atoms. The number of rotatable bonds is 3. The van der Waals surface area contributed by atoms with E-state index in [2.05, 4.69) is 0 Å². The molecule has 0 atom stereocenters. The van der Waals surface area contributed by atoms with Crippen LogP contribution >= 0.6 is 0 Å². The minimum absolute atomic E-state index is 0.827. The molecule has 106 valence electrons. The Bertz CT molecular complexity index is 280. The zero-order valence-electron chi connectivity index (χ0n) is 11.7. The molecule has 0 radical (unpaired) electrons. The first-order valence-electron chi connectivity index (χ1n) is 5.65. The van der Waals surface area contributed by atoms with E-state index >= 15 is 0 Å². The molecule has 0 aliphatic heterocycles. The average Bonchev–Trinajstić information content (AvgIpc) is 1.93. The summed E-state index contributed by atoms with van der Waals surface area (Å²) in [6.07, 6.45) is -2.16. The van der Waals surface area contributed by atoms with E-state index in [1.54, 1.807) is 41.5 Å². The van der Waals surface area contributed by atoms with Crippen LogP contribution in [0.5, 0.6) is 0 Å². The smallest absolute Gasteiger partial charge is 0.326 e. The molecule has 6 nitrogen and oxygen atoms in total. The Morgan fingerprint density at radius 1 is 0.833 bits per heavy atom. The molecule has 0 rings (SSSR count). The molecule has 2 N–H and O–H groups in total. The first kappa shape index (κ1) is 16.9. The lowest BCUT2D eigenvalue weighted by Gasteiger charge is -2.26. The van der Waals surface area contributed by atoms with Gasteiger partial charge < -0.3 is 19.7 Å². The highest BCUT2D eigenvalue weighted by atomic mass is 16.6. The number of ether oxygens (including phenoxy) is 2. The maximum absolute atomic E-state index is 11.7. The monoisotopic (exact) mass is 262 g/mol. The topological polar surface area (TPSA) is 93.1 Å². The predicted molar refractivity (Wildman–Crippen MR) is 63.4 cm³/mol. The second-order valence-electron chi connectivity index (χ2n) is 5.96. The second kappa shape index (κ2) is 5.67. The van der Waals surface area contributed by atoms with Crippen LogP contribution in [0.25, 0.3) is 0 Å². The molecule has 0 aromatic heterocycles. The third-order valence-electron chi connectivity index (χ3n) is 1.62. The van der Waals surface area contributed by atoms with Crippen molar-refractivity contribution in [3.8, 4) is 0 Å². The van der Waals surface area contributed by atoms with Crippen LogP contribution in [0.15, 0.2) is 0 Å². The number of carbonyl (C=O) groups is 2. The molecule has 0 amide bonds. The fraction of sp³-hybridized carbons (Fsp3) is 0.833. The van der Waals surface area contributed by atoms with Gasteiger partial charge in [-0.15, -0.1) is 0 Å². The number of esters is 2. The average molecular weight is 262 g/mol. The summed E-state index contributed by atoms with van der Waals surface area (Å²) < 4.78 is 9.87. The molecule has 0 aromatic rings. The van der Waals surface area contributed by atoms with Gasteiger partial charge in [-0.05, 0) is 41.5 Å². The Morgan fingerprint density at radius 2 is 1.11 bits per heavy atom. The minimum Gasteiger partial charge on any atom is -0.459 e. The largest absolute Gasteiger partial charge is 0.459 e. The zero-order valence-corrected chi connectivity index (χ0v) is 11.7. The van der Waals surface area contributed by atoms with Gasteiger partial charge in [0, 0.05) is 0 Å². The van der Waals surface area contributed by atoms with E-state index in [1.807, 2.05) is 0 Å². The summed E-state index contributed by atoms with van der Waals surface area (Å²) >= 11 is 0. The predicted octanol–water partition coefficient (Wildman–Crippen LogP) is 0.597. The molecular formula is C12H22O6. The molecule has 0 fully saturated rings. The minimum atomic E-state index is -2.16. The van der Waals surface area contributed by atoms with Gasteiger partial charge in [-0.25, -0.2) is 0 Å². The zero-order chi connectivity index (χ0) is 14.7. The highest BCUT2D eigenvalue weighted by Gasteiger charge is 2.39. The van der Waals surface area contributed by atoms with Gasteiger partial charge in [0.1, 0.15) is 11.2 Å². The van der Waals surface area contributed by atoms with E-state index in [1.165, 1.54) is 0 Å². The van der Waals surface area contributed by atoms with Gasteiger partial charge in [0.2, 0.25) is 5.92 Å². The summed E-state index contributed by atoms with van der Waals surface area (Å²) in [5.74, 6) is -3.80. The Balaban J connectivity index is 4.88. The molecule has 0 heterocycles. The highest BCUT2D eigenvalue weighted by Crippen LogP contribution is 2.18. The van der Waals surface area contributed by atoms with E-state index in [-0.39, 0.29) is 0 Å². The summed E-state index contributed by atoms with van der Waals surface area (Å²) in [4.78, 5) is 23.4. The SMILES string of the molecule is CC(C)(C)OC(=O)C(C(=O)OC(C)(C)C)C(O)O. The van der Waals surface area contributed by atoms with Crippen molar-refractivity contribution in [1.82, 2.24) is 0 Å². The number of hydrogen-bond acceptors (Lipinski definition) is 6. The molecule has 6 heteroatoms. The van der Waals surface area contributed by atoms with Crippen molar-refractivity contribution in [1.29, 1.82) is 0 Å². The summed E-state index contributed by atoms with van der Waals surface area (Å²) in [7, 11) is 0. The fourth-order valence-corrected chi connectivity index (χ4v) is 1.07. The van der Waals surface area contributed by atoms with Crippen LogP contribution in [-0.2, 0) is 19.1 Å². The van der Waals surface area contributed by atoms with Gasteiger partial charge in [0.15, 0.2) is 6.29 Å².